The van der Waals surface area contributed by atoms with Gasteiger partial charge in [0.1, 0.15) is 0 Å². The summed E-state index contributed by atoms with van der Waals surface area (Å²) in [6.45, 7) is 6.16. The van der Waals surface area contributed by atoms with Gasteiger partial charge in [0, 0.05) is 0 Å². The minimum atomic E-state index is 0.288. The van der Waals surface area contributed by atoms with Gasteiger partial charge in [0.2, 0.25) is 0 Å². The summed E-state index contributed by atoms with van der Waals surface area (Å²) in [5.41, 5.74) is 4.57. The van der Waals surface area contributed by atoms with Crippen molar-refractivity contribution < 1.29 is 4.79 Å². The number of hydrogen-bond acceptors (Lipinski definition) is 1. The van der Waals surface area contributed by atoms with Crippen LogP contribution in [0.2, 0.25) is 0 Å². The molecular weight excluding hydrogens is 159 g/mol. The van der Waals surface area contributed by atoms with Gasteiger partial charge in [0.25, 0.3) is 0 Å². The Morgan fingerprint density at radius 3 is 2.25 bits per heavy atom. The van der Waals surface area contributed by atoms with E-state index >= 15 is 0 Å². The number of aryl methyl sites for hydroxylation is 1. The third-order valence-corrected chi connectivity index (χ3v) is 2.98. The Hall–Kier alpha value is -0.110. The molecule has 0 unspecified atom stereocenters. The Balaban J connectivity index is 3.36. The molecule has 0 aliphatic heterocycles. The van der Waals surface area contributed by atoms with Crippen LogP contribution in [0.3, 0.4) is 0 Å². The van der Waals surface area contributed by atoms with E-state index in [1.165, 1.54) is 11.1 Å². The summed E-state index contributed by atoms with van der Waals surface area (Å²) in [7, 11) is 0. The van der Waals surface area contributed by atoms with E-state index in [1.807, 2.05) is 19.1 Å². The van der Waals surface area contributed by atoms with Gasteiger partial charge in [-0.1, -0.05) is 0 Å². The average molecular weight is 170 g/mol. The average Bonchev–Trinajstić information content (AvgIpc) is 2.00. The molecule has 0 aliphatic rings. The van der Waals surface area contributed by atoms with Crippen molar-refractivity contribution >= 4 is 31.0 Å². The van der Waals surface area contributed by atoms with Crippen LogP contribution in [0.4, 0.5) is 0 Å². The van der Waals surface area contributed by atoms with E-state index in [4.69, 9.17) is 0 Å². The van der Waals surface area contributed by atoms with Gasteiger partial charge in [-0.2, -0.15) is 0 Å². The Bertz CT molecular complexity index is 329. The standard InChI is InChI=1S/C10H11O.Na/c1-7-4-5-10(6-11)9(3)8(7)2;/h4-5H,1-3H3;. The predicted octanol–water partition coefficient (Wildman–Crippen LogP) is 1.92. The molecule has 0 heterocycles. The first kappa shape index (κ1) is 9.97. The molecule has 58 valence electrons. The quantitative estimate of drug-likeness (QED) is 0.588. The van der Waals surface area contributed by atoms with Gasteiger partial charge < -0.3 is 0 Å². The molecule has 0 saturated carbocycles. The summed E-state index contributed by atoms with van der Waals surface area (Å²) in [5.74, 6) is 0. The second kappa shape index (κ2) is 3.73. The summed E-state index contributed by atoms with van der Waals surface area (Å²) in [6.07, 6.45) is 0. The first-order chi connectivity index (χ1) is 5.54. The number of rotatable bonds is 1. The van der Waals surface area contributed by atoms with E-state index in [1.54, 1.807) is 0 Å². The van der Waals surface area contributed by atoms with E-state index in [-0.39, 0.29) is 3.03 Å². The van der Waals surface area contributed by atoms with Crippen molar-refractivity contribution in [3.05, 3.63) is 34.4 Å². The summed E-state index contributed by atoms with van der Waals surface area (Å²) < 4.78 is 0.288. The van der Waals surface area contributed by atoms with Crippen molar-refractivity contribution in [3.8, 4) is 0 Å². The van der Waals surface area contributed by atoms with Crippen LogP contribution in [0.1, 0.15) is 27.0 Å². The van der Waals surface area contributed by atoms with E-state index in [0.717, 1.165) is 11.1 Å². The summed E-state index contributed by atoms with van der Waals surface area (Å²) >= 11 is 0.612. The van der Waals surface area contributed by atoms with Crippen molar-refractivity contribution in [2.75, 3.05) is 0 Å². The fourth-order valence-corrected chi connectivity index (χ4v) is 1.88. The molecule has 0 spiro atoms. The predicted molar refractivity (Wildman–Crippen MR) is 50.7 cm³/mol. The van der Waals surface area contributed by atoms with E-state index < -0.39 is 0 Å². The number of hydrogen-bond donors (Lipinski definition) is 0. The molecule has 0 N–H and O–H groups in total. The minimum absolute atomic E-state index is 0.288. The molecule has 0 saturated heterocycles. The summed E-state index contributed by atoms with van der Waals surface area (Å²) in [6, 6.07) is 3.96. The SMILES string of the molecule is Cc1ccc([C](=O)[Na])c(C)c1C. The summed E-state index contributed by atoms with van der Waals surface area (Å²) in [4.78, 5) is 11.2. The molecule has 2 heteroatoms. The van der Waals surface area contributed by atoms with Crippen molar-refractivity contribution in [2.24, 2.45) is 0 Å². The zero-order valence-corrected chi connectivity index (χ0v) is 10.1. The van der Waals surface area contributed by atoms with E-state index in [9.17, 15) is 4.79 Å². The maximum atomic E-state index is 11.2. The second-order valence-corrected chi connectivity index (χ2v) is 4.14. The zero-order chi connectivity index (χ0) is 9.30. The third kappa shape index (κ3) is 1.79. The molecule has 1 aromatic carbocycles. The number of carbonyl (C=O) groups excluding carboxylic acids is 1. The molecule has 1 aromatic rings. The van der Waals surface area contributed by atoms with Crippen LogP contribution >= 0.6 is 0 Å². The number of benzene rings is 1. The molecule has 0 fully saturated rings. The maximum absolute atomic E-state index is 11.2. The number of carbonyl (C=O) groups is 1. The molecule has 1 nitrogen and oxygen atoms in total. The molecule has 0 bridgehead atoms. The van der Waals surface area contributed by atoms with Gasteiger partial charge in [0.05, 0.1) is 0 Å². The van der Waals surface area contributed by atoms with Crippen LogP contribution in [0.25, 0.3) is 0 Å². The van der Waals surface area contributed by atoms with Gasteiger partial charge in [-0.05, 0) is 0 Å². The second-order valence-electron chi connectivity index (χ2n) is 3.24. The molecule has 12 heavy (non-hydrogen) atoms. The molecule has 1 rings (SSSR count). The van der Waals surface area contributed by atoms with Crippen LogP contribution in [-0.4, -0.2) is 31.0 Å². The third-order valence-electron chi connectivity index (χ3n) is 2.44. The first-order valence-corrected chi connectivity index (χ1v) is 5.11. The van der Waals surface area contributed by atoms with E-state index in [2.05, 4.69) is 13.8 Å². The Morgan fingerprint density at radius 1 is 1.17 bits per heavy atom. The van der Waals surface area contributed by atoms with E-state index in [0.29, 0.717) is 27.9 Å². The topological polar surface area (TPSA) is 17.1 Å². The zero-order valence-electron chi connectivity index (χ0n) is 8.06. The fourth-order valence-electron chi connectivity index (χ4n) is 1.34. The summed E-state index contributed by atoms with van der Waals surface area (Å²) in [5, 5.41) is 0. The molecular formula is C10H11NaO. The Labute approximate surface area is 90.6 Å². The Morgan fingerprint density at radius 2 is 1.75 bits per heavy atom. The van der Waals surface area contributed by atoms with Crippen molar-refractivity contribution in [3.63, 3.8) is 0 Å². The monoisotopic (exact) mass is 170 g/mol. The Kier molecular flexibility index (Phi) is 3.10. The fraction of sp³-hybridized carbons (Fsp3) is 0.300. The van der Waals surface area contributed by atoms with Gasteiger partial charge in [-0.3, -0.25) is 0 Å². The first-order valence-electron chi connectivity index (χ1n) is 4.11. The van der Waals surface area contributed by atoms with Gasteiger partial charge in [-0.15, -0.1) is 0 Å². The molecule has 0 aliphatic carbocycles. The van der Waals surface area contributed by atoms with Crippen molar-refractivity contribution in [2.45, 2.75) is 20.8 Å². The van der Waals surface area contributed by atoms with Crippen LogP contribution in [0, 0.1) is 20.8 Å². The molecule has 0 radical (unpaired) electrons. The van der Waals surface area contributed by atoms with Gasteiger partial charge in [0.15, 0.2) is 0 Å². The normalized spacial score (nSPS) is 10.1. The van der Waals surface area contributed by atoms with Crippen LogP contribution < -0.4 is 0 Å². The van der Waals surface area contributed by atoms with Crippen LogP contribution in [-0.2, 0) is 0 Å². The van der Waals surface area contributed by atoms with Gasteiger partial charge >= 0.3 is 90.9 Å². The van der Waals surface area contributed by atoms with Crippen molar-refractivity contribution in [1.29, 1.82) is 0 Å². The van der Waals surface area contributed by atoms with Crippen LogP contribution in [0.5, 0.6) is 0 Å². The van der Waals surface area contributed by atoms with Crippen LogP contribution in [0.15, 0.2) is 12.1 Å². The molecule has 0 aromatic heterocycles. The molecule has 0 amide bonds. The molecule has 0 atom stereocenters. The van der Waals surface area contributed by atoms with Crippen molar-refractivity contribution in [1.82, 2.24) is 0 Å². The van der Waals surface area contributed by atoms with Gasteiger partial charge in [-0.25, -0.2) is 0 Å².